The predicted octanol–water partition coefficient (Wildman–Crippen LogP) is -0.840. The van der Waals surface area contributed by atoms with Crippen LogP contribution in [0.15, 0.2) is 0 Å². The molecule has 2 aliphatic heterocycles. The van der Waals surface area contributed by atoms with Crippen LogP contribution in [0, 0.1) is 5.92 Å². The van der Waals surface area contributed by atoms with Crippen LogP contribution in [0.4, 0.5) is 0 Å². The zero-order valence-corrected chi connectivity index (χ0v) is 11.0. The van der Waals surface area contributed by atoms with E-state index in [0.29, 0.717) is 32.4 Å². The minimum absolute atomic E-state index is 0.0162. The molecule has 1 unspecified atom stereocenters. The topological polar surface area (TPSA) is 83.6 Å². The van der Waals surface area contributed by atoms with E-state index in [1.807, 2.05) is 0 Å². The summed E-state index contributed by atoms with van der Waals surface area (Å²) in [5.41, 5.74) is 0. The van der Waals surface area contributed by atoms with Crippen molar-refractivity contribution in [3.8, 4) is 0 Å². The molecule has 0 bridgehead atoms. The molecule has 7 heteroatoms. The number of hydrogen-bond acceptors (Lipinski definition) is 4. The number of nitrogens with zero attached hydrogens (tertiary/aromatic N) is 1. The second-order valence-corrected chi connectivity index (χ2v) is 7.17. The maximum Gasteiger partial charge on any atom is 0.227 e. The van der Waals surface area contributed by atoms with Crippen LogP contribution in [0.3, 0.4) is 0 Å². The van der Waals surface area contributed by atoms with Crippen LogP contribution in [-0.2, 0) is 19.4 Å². The molecule has 0 radical (unpaired) electrons. The molecule has 2 amide bonds. The molecular formula is C11H18N2O4S. The lowest BCUT2D eigenvalue weighted by Crippen LogP contribution is -2.45. The van der Waals surface area contributed by atoms with E-state index >= 15 is 0 Å². The summed E-state index contributed by atoms with van der Waals surface area (Å²) in [5.74, 6) is -0.0104. The first-order valence-corrected chi connectivity index (χ1v) is 8.06. The van der Waals surface area contributed by atoms with Gasteiger partial charge in [-0.05, 0) is 12.8 Å². The molecular weight excluding hydrogens is 256 g/mol. The highest BCUT2D eigenvalue weighted by atomic mass is 32.2. The second-order valence-electron chi connectivity index (χ2n) is 4.87. The van der Waals surface area contributed by atoms with Crippen molar-refractivity contribution < 1.29 is 18.0 Å². The second kappa shape index (κ2) is 5.26. The van der Waals surface area contributed by atoms with Crippen LogP contribution in [0.25, 0.3) is 0 Å². The first kappa shape index (κ1) is 13.3. The lowest BCUT2D eigenvalue weighted by atomic mass is 9.97. The van der Waals surface area contributed by atoms with Gasteiger partial charge >= 0.3 is 0 Å². The molecule has 0 saturated carbocycles. The summed E-state index contributed by atoms with van der Waals surface area (Å²) in [6, 6.07) is 0. The Balaban J connectivity index is 1.94. The fourth-order valence-corrected chi connectivity index (χ4v) is 3.63. The van der Waals surface area contributed by atoms with Gasteiger partial charge in [0.1, 0.15) is 0 Å². The van der Waals surface area contributed by atoms with Gasteiger partial charge < -0.3 is 10.2 Å². The van der Waals surface area contributed by atoms with Gasteiger partial charge in [-0.2, -0.15) is 0 Å². The molecule has 2 rings (SSSR count). The molecule has 2 fully saturated rings. The van der Waals surface area contributed by atoms with Gasteiger partial charge in [0.25, 0.3) is 0 Å². The Morgan fingerprint density at radius 2 is 2.06 bits per heavy atom. The monoisotopic (exact) mass is 274 g/mol. The Morgan fingerprint density at radius 1 is 1.28 bits per heavy atom. The fraction of sp³-hybridized carbons (Fsp3) is 0.818. The third-order valence-electron chi connectivity index (χ3n) is 3.48. The van der Waals surface area contributed by atoms with E-state index in [9.17, 15) is 18.0 Å². The Morgan fingerprint density at radius 3 is 2.72 bits per heavy atom. The molecule has 0 aromatic heterocycles. The SMILES string of the molecule is O=C1CCC(C(=O)N2CCCS(=O)(=O)CC2)CN1. The van der Waals surface area contributed by atoms with Gasteiger partial charge in [0, 0.05) is 26.1 Å². The van der Waals surface area contributed by atoms with E-state index in [0.717, 1.165) is 0 Å². The Kier molecular flexibility index (Phi) is 3.89. The number of hydrogen-bond donors (Lipinski definition) is 1. The van der Waals surface area contributed by atoms with Gasteiger partial charge in [0.05, 0.1) is 17.4 Å². The lowest BCUT2D eigenvalue weighted by molar-refractivity contribution is -0.137. The molecule has 0 spiro atoms. The van der Waals surface area contributed by atoms with Crippen molar-refractivity contribution in [1.82, 2.24) is 10.2 Å². The third kappa shape index (κ3) is 3.22. The molecule has 6 nitrogen and oxygen atoms in total. The smallest absolute Gasteiger partial charge is 0.227 e. The summed E-state index contributed by atoms with van der Waals surface area (Å²) in [6.07, 6.45) is 1.45. The van der Waals surface area contributed by atoms with Crippen LogP contribution in [0.1, 0.15) is 19.3 Å². The summed E-state index contributed by atoms with van der Waals surface area (Å²) in [5, 5.41) is 2.68. The van der Waals surface area contributed by atoms with Gasteiger partial charge in [-0.1, -0.05) is 0 Å². The molecule has 2 saturated heterocycles. The van der Waals surface area contributed by atoms with Crippen molar-refractivity contribution in [1.29, 1.82) is 0 Å². The number of carbonyl (C=O) groups is 2. The highest BCUT2D eigenvalue weighted by Crippen LogP contribution is 2.16. The number of amides is 2. The maximum absolute atomic E-state index is 12.2. The first-order valence-electron chi connectivity index (χ1n) is 6.24. The molecule has 2 heterocycles. The van der Waals surface area contributed by atoms with Crippen LogP contribution in [-0.4, -0.2) is 56.3 Å². The third-order valence-corrected chi connectivity index (χ3v) is 5.20. The maximum atomic E-state index is 12.2. The van der Waals surface area contributed by atoms with Crippen LogP contribution in [0.5, 0.6) is 0 Å². The molecule has 0 aliphatic carbocycles. The van der Waals surface area contributed by atoms with E-state index in [-0.39, 0.29) is 35.8 Å². The minimum atomic E-state index is -2.99. The summed E-state index contributed by atoms with van der Waals surface area (Å²) in [4.78, 5) is 24.9. The largest absolute Gasteiger partial charge is 0.355 e. The molecule has 1 atom stereocenters. The number of nitrogens with one attached hydrogen (secondary N) is 1. The number of piperidine rings is 1. The van der Waals surface area contributed by atoms with Gasteiger partial charge in [0.15, 0.2) is 9.84 Å². The van der Waals surface area contributed by atoms with E-state index in [4.69, 9.17) is 0 Å². The van der Waals surface area contributed by atoms with Crippen molar-refractivity contribution >= 4 is 21.7 Å². The van der Waals surface area contributed by atoms with Gasteiger partial charge in [0.2, 0.25) is 11.8 Å². The number of carbonyl (C=O) groups excluding carboxylic acids is 2. The zero-order valence-electron chi connectivity index (χ0n) is 10.2. The van der Waals surface area contributed by atoms with Gasteiger partial charge in [-0.25, -0.2) is 8.42 Å². The Hall–Kier alpha value is -1.11. The zero-order chi connectivity index (χ0) is 13.2. The van der Waals surface area contributed by atoms with E-state index in [1.54, 1.807) is 4.90 Å². The molecule has 18 heavy (non-hydrogen) atoms. The Bertz CT molecular complexity index is 436. The normalized spacial score (nSPS) is 28.3. The van der Waals surface area contributed by atoms with Crippen LogP contribution >= 0.6 is 0 Å². The lowest BCUT2D eigenvalue weighted by Gasteiger charge is -2.28. The average molecular weight is 274 g/mol. The fourth-order valence-electron chi connectivity index (χ4n) is 2.36. The van der Waals surface area contributed by atoms with E-state index in [2.05, 4.69) is 5.32 Å². The summed E-state index contributed by atoms with van der Waals surface area (Å²) in [6.45, 7) is 1.16. The molecule has 102 valence electrons. The Labute approximate surface area is 107 Å². The highest BCUT2D eigenvalue weighted by Gasteiger charge is 2.30. The highest BCUT2D eigenvalue weighted by molar-refractivity contribution is 7.91. The average Bonchev–Trinajstić information content (AvgIpc) is 2.50. The van der Waals surface area contributed by atoms with Gasteiger partial charge in [-0.3, -0.25) is 9.59 Å². The molecule has 0 aromatic carbocycles. The predicted molar refractivity (Wildman–Crippen MR) is 65.6 cm³/mol. The molecule has 0 aromatic rings. The van der Waals surface area contributed by atoms with E-state index < -0.39 is 9.84 Å². The van der Waals surface area contributed by atoms with Gasteiger partial charge in [-0.15, -0.1) is 0 Å². The number of rotatable bonds is 1. The molecule has 1 N–H and O–H groups in total. The number of sulfone groups is 1. The summed E-state index contributed by atoms with van der Waals surface area (Å²) in [7, 11) is -2.99. The van der Waals surface area contributed by atoms with Crippen LogP contribution in [0.2, 0.25) is 0 Å². The standard InChI is InChI=1S/C11H18N2O4S/c14-10-3-2-9(8-12-10)11(15)13-4-1-6-18(16,17)7-5-13/h9H,1-8H2,(H,12,14). The van der Waals surface area contributed by atoms with E-state index in [1.165, 1.54) is 0 Å². The molecule has 2 aliphatic rings. The summed E-state index contributed by atoms with van der Waals surface area (Å²) < 4.78 is 22.9. The minimum Gasteiger partial charge on any atom is -0.355 e. The van der Waals surface area contributed by atoms with Crippen LogP contribution < -0.4 is 5.32 Å². The van der Waals surface area contributed by atoms with Crippen molar-refractivity contribution in [2.24, 2.45) is 5.92 Å². The van der Waals surface area contributed by atoms with Crippen molar-refractivity contribution in [3.63, 3.8) is 0 Å². The quantitative estimate of drug-likeness (QED) is 0.676. The van der Waals surface area contributed by atoms with Crippen molar-refractivity contribution in [2.75, 3.05) is 31.1 Å². The van der Waals surface area contributed by atoms with Crippen molar-refractivity contribution in [2.45, 2.75) is 19.3 Å². The van der Waals surface area contributed by atoms with Crippen molar-refractivity contribution in [3.05, 3.63) is 0 Å². The summed E-state index contributed by atoms with van der Waals surface area (Å²) >= 11 is 0. The first-order chi connectivity index (χ1) is 8.48.